The number of carboxylic acid groups (broad SMARTS) is 1. The predicted molar refractivity (Wildman–Crippen MR) is 71.1 cm³/mol. The van der Waals surface area contributed by atoms with Crippen LogP contribution in [0.5, 0.6) is 0 Å². The number of aliphatic hydroxyl groups excluding tert-OH is 1. The molecular formula is C13H15N3O4. The van der Waals surface area contributed by atoms with E-state index in [9.17, 15) is 9.59 Å². The number of hydrogen-bond donors (Lipinski definition) is 4. The first-order valence-electron chi connectivity index (χ1n) is 6.17. The van der Waals surface area contributed by atoms with E-state index in [2.05, 4.69) is 15.3 Å². The summed E-state index contributed by atoms with van der Waals surface area (Å²) in [4.78, 5) is 29.3. The van der Waals surface area contributed by atoms with Crippen LogP contribution in [-0.4, -0.2) is 44.7 Å². The zero-order chi connectivity index (χ0) is 14.5. The molecule has 0 unspecified atom stereocenters. The molecule has 0 aliphatic heterocycles. The summed E-state index contributed by atoms with van der Waals surface area (Å²) >= 11 is 0. The van der Waals surface area contributed by atoms with Gasteiger partial charge in [-0.2, -0.15) is 0 Å². The van der Waals surface area contributed by atoms with Crippen LogP contribution in [-0.2, 0) is 16.0 Å². The van der Waals surface area contributed by atoms with Crippen LogP contribution < -0.4 is 5.32 Å². The molecule has 1 atom stereocenters. The molecule has 0 bridgehead atoms. The lowest BCUT2D eigenvalue weighted by atomic mass is 10.2. The molecule has 0 saturated carbocycles. The molecule has 1 amide bonds. The number of carbonyl (C=O) groups is 2. The number of hydrogen-bond acceptors (Lipinski definition) is 4. The van der Waals surface area contributed by atoms with Crippen LogP contribution in [0.25, 0.3) is 11.0 Å². The van der Waals surface area contributed by atoms with Crippen molar-refractivity contribution in [2.45, 2.75) is 18.9 Å². The van der Waals surface area contributed by atoms with Gasteiger partial charge in [0, 0.05) is 12.8 Å². The lowest BCUT2D eigenvalue weighted by Crippen LogP contribution is -2.36. The topological polar surface area (TPSA) is 115 Å². The number of carbonyl (C=O) groups excluding carboxylic acids is 1. The standard InChI is InChI=1S/C13H15N3O4/c17-10(13(19)20)7-14-12(18)6-5-11-15-8-3-1-2-4-9(8)16-11/h1-4,10,17H,5-7H2,(H,14,18)(H,15,16)(H,19,20)/t10-/m0/s1. The highest BCUT2D eigenvalue weighted by Crippen LogP contribution is 2.11. The van der Waals surface area contributed by atoms with Crippen molar-refractivity contribution >= 4 is 22.9 Å². The van der Waals surface area contributed by atoms with E-state index in [1.165, 1.54) is 0 Å². The molecule has 0 aliphatic carbocycles. The number of aromatic nitrogens is 2. The minimum atomic E-state index is -1.58. The second-order valence-electron chi connectivity index (χ2n) is 4.36. The van der Waals surface area contributed by atoms with Crippen molar-refractivity contribution in [1.29, 1.82) is 0 Å². The minimum absolute atomic E-state index is 0.173. The summed E-state index contributed by atoms with van der Waals surface area (Å²) in [5.41, 5.74) is 1.74. The number of rotatable bonds is 6. The average molecular weight is 277 g/mol. The van der Waals surface area contributed by atoms with Crippen LogP contribution in [0.3, 0.4) is 0 Å². The number of H-pyrrole nitrogens is 1. The summed E-state index contributed by atoms with van der Waals surface area (Å²) in [6.07, 6.45) is -0.985. The number of para-hydroxylation sites is 2. The fourth-order valence-corrected chi connectivity index (χ4v) is 1.74. The van der Waals surface area contributed by atoms with Crippen molar-refractivity contribution in [3.63, 3.8) is 0 Å². The van der Waals surface area contributed by atoms with Gasteiger partial charge in [0.05, 0.1) is 17.6 Å². The van der Waals surface area contributed by atoms with Gasteiger partial charge in [-0.05, 0) is 12.1 Å². The molecule has 0 saturated heterocycles. The van der Waals surface area contributed by atoms with Gasteiger partial charge in [-0.3, -0.25) is 4.79 Å². The molecule has 7 heteroatoms. The van der Waals surface area contributed by atoms with Crippen LogP contribution in [0, 0.1) is 0 Å². The van der Waals surface area contributed by atoms with E-state index < -0.39 is 12.1 Å². The maximum absolute atomic E-state index is 11.5. The number of aromatic amines is 1. The van der Waals surface area contributed by atoms with Gasteiger partial charge < -0.3 is 20.5 Å². The van der Waals surface area contributed by atoms with E-state index in [-0.39, 0.29) is 18.9 Å². The largest absolute Gasteiger partial charge is 0.479 e. The summed E-state index contributed by atoms with van der Waals surface area (Å²) in [7, 11) is 0. The summed E-state index contributed by atoms with van der Waals surface area (Å²) in [5, 5.41) is 19.8. The molecule has 2 rings (SSSR count). The van der Waals surface area contributed by atoms with Gasteiger partial charge in [-0.15, -0.1) is 0 Å². The van der Waals surface area contributed by atoms with Gasteiger partial charge in [-0.25, -0.2) is 9.78 Å². The Morgan fingerprint density at radius 3 is 2.80 bits per heavy atom. The third-order valence-electron chi connectivity index (χ3n) is 2.80. The highest BCUT2D eigenvalue weighted by molar-refractivity contribution is 5.78. The van der Waals surface area contributed by atoms with Gasteiger partial charge in [-0.1, -0.05) is 12.1 Å². The predicted octanol–water partition coefficient (Wildman–Crippen LogP) is 0.0572. The molecule has 0 aliphatic rings. The lowest BCUT2D eigenvalue weighted by molar-refractivity contribution is -0.146. The average Bonchev–Trinajstić information content (AvgIpc) is 2.85. The van der Waals surface area contributed by atoms with Crippen molar-refractivity contribution in [2.24, 2.45) is 0 Å². The maximum Gasteiger partial charge on any atom is 0.334 e. The van der Waals surface area contributed by atoms with Gasteiger partial charge >= 0.3 is 5.97 Å². The Morgan fingerprint density at radius 1 is 1.35 bits per heavy atom. The first-order valence-corrected chi connectivity index (χ1v) is 6.17. The van der Waals surface area contributed by atoms with E-state index in [4.69, 9.17) is 10.2 Å². The molecule has 0 fully saturated rings. The van der Waals surface area contributed by atoms with Crippen molar-refractivity contribution in [1.82, 2.24) is 15.3 Å². The Bertz CT molecular complexity index is 590. The smallest absolute Gasteiger partial charge is 0.334 e. The molecule has 0 spiro atoms. The molecule has 4 N–H and O–H groups in total. The fourth-order valence-electron chi connectivity index (χ4n) is 1.74. The highest BCUT2D eigenvalue weighted by Gasteiger charge is 2.14. The van der Waals surface area contributed by atoms with Crippen LogP contribution >= 0.6 is 0 Å². The molecular weight excluding hydrogens is 262 g/mol. The molecule has 7 nitrogen and oxygen atoms in total. The monoisotopic (exact) mass is 277 g/mol. The summed E-state index contributed by atoms with van der Waals surface area (Å²) in [5.74, 6) is -0.992. The van der Waals surface area contributed by atoms with E-state index >= 15 is 0 Å². The number of nitrogens with one attached hydrogen (secondary N) is 2. The van der Waals surface area contributed by atoms with Crippen molar-refractivity contribution < 1.29 is 19.8 Å². The molecule has 20 heavy (non-hydrogen) atoms. The van der Waals surface area contributed by atoms with E-state index in [1.807, 2.05) is 24.3 Å². The first kappa shape index (κ1) is 14.0. The van der Waals surface area contributed by atoms with Gasteiger partial charge in [0.15, 0.2) is 6.10 Å². The molecule has 1 heterocycles. The minimum Gasteiger partial charge on any atom is -0.479 e. The lowest BCUT2D eigenvalue weighted by Gasteiger charge is -2.06. The van der Waals surface area contributed by atoms with E-state index in [0.717, 1.165) is 11.0 Å². The Labute approximate surface area is 114 Å². The molecule has 1 aromatic carbocycles. The first-order chi connectivity index (χ1) is 9.56. The third kappa shape index (κ3) is 3.55. The number of fused-ring (bicyclic) bond motifs is 1. The summed E-state index contributed by atoms with van der Waals surface area (Å²) in [6, 6.07) is 7.55. The molecule has 1 aromatic heterocycles. The maximum atomic E-state index is 11.5. The zero-order valence-electron chi connectivity index (χ0n) is 10.7. The van der Waals surface area contributed by atoms with E-state index in [0.29, 0.717) is 12.2 Å². The molecule has 2 aromatic rings. The second kappa shape index (κ2) is 6.16. The van der Waals surface area contributed by atoms with E-state index in [1.54, 1.807) is 0 Å². The van der Waals surface area contributed by atoms with Gasteiger partial charge in [0.25, 0.3) is 0 Å². The van der Waals surface area contributed by atoms with Gasteiger partial charge in [0.1, 0.15) is 5.82 Å². The number of aliphatic hydroxyl groups is 1. The fraction of sp³-hybridized carbons (Fsp3) is 0.308. The highest BCUT2D eigenvalue weighted by atomic mass is 16.4. The third-order valence-corrected chi connectivity index (χ3v) is 2.80. The number of aliphatic carboxylic acids is 1. The van der Waals surface area contributed by atoms with Crippen LogP contribution in [0.15, 0.2) is 24.3 Å². The Balaban J connectivity index is 1.82. The Morgan fingerprint density at radius 2 is 2.10 bits per heavy atom. The molecule has 106 valence electrons. The van der Waals surface area contributed by atoms with Crippen molar-refractivity contribution in [3.8, 4) is 0 Å². The number of carboxylic acids is 1. The number of amides is 1. The number of nitrogens with zero attached hydrogens (tertiary/aromatic N) is 1. The van der Waals surface area contributed by atoms with Crippen molar-refractivity contribution in [3.05, 3.63) is 30.1 Å². The quantitative estimate of drug-likeness (QED) is 0.596. The summed E-state index contributed by atoms with van der Waals surface area (Å²) < 4.78 is 0. The van der Waals surface area contributed by atoms with Gasteiger partial charge in [0.2, 0.25) is 5.91 Å². The normalized spacial score (nSPS) is 12.2. The van der Waals surface area contributed by atoms with Crippen LogP contribution in [0.1, 0.15) is 12.2 Å². The molecule has 0 radical (unpaired) electrons. The number of benzene rings is 1. The Kier molecular flexibility index (Phi) is 4.31. The number of imidazole rings is 1. The Hall–Kier alpha value is -2.41. The second-order valence-corrected chi connectivity index (χ2v) is 4.36. The van der Waals surface area contributed by atoms with Crippen LogP contribution in [0.2, 0.25) is 0 Å². The summed E-state index contributed by atoms with van der Waals surface area (Å²) in [6.45, 7) is -0.297. The van der Waals surface area contributed by atoms with Crippen LogP contribution in [0.4, 0.5) is 0 Å². The number of aryl methyl sites for hydroxylation is 1. The van der Waals surface area contributed by atoms with Crippen molar-refractivity contribution in [2.75, 3.05) is 6.54 Å². The SMILES string of the molecule is O=C(CCc1nc2ccccc2[nH]1)NC[C@H](O)C(=O)O. The zero-order valence-corrected chi connectivity index (χ0v) is 10.7.